The van der Waals surface area contributed by atoms with Crippen LogP contribution in [0.15, 0.2) is 0 Å². The van der Waals surface area contributed by atoms with Crippen molar-refractivity contribution in [3.05, 3.63) is 0 Å². The fourth-order valence-corrected chi connectivity index (χ4v) is 3.30. The minimum atomic E-state index is 0.0738. The van der Waals surface area contributed by atoms with Gasteiger partial charge in [0.1, 0.15) is 0 Å². The normalized spacial score (nSPS) is 32.1. The summed E-state index contributed by atoms with van der Waals surface area (Å²) in [7, 11) is 0. The maximum absolute atomic E-state index is 12.6. The monoisotopic (exact) mass is 255 g/mol. The number of carbonyl (C=O) groups excluding carboxylic acids is 1. The lowest BCUT2D eigenvalue weighted by atomic mass is 9.97. The fraction of sp³-hybridized carbons (Fsp3) is 0.929. The van der Waals surface area contributed by atoms with E-state index in [-0.39, 0.29) is 18.6 Å². The summed E-state index contributed by atoms with van der Waals surface area (Å²) in [4.78, 5) is 14.6. The Morgan fingerprint density at radius 2 is 2.28 bits per heavy atom. The summed E-state index contributed by atoms with van der Waals surface area (Å²) in [5.74, 6) is 0.365. The first kappa shape index (κ1) is 13.8. The summed E-state index contributed by atoms with van der Waals surface area (Å²) in [6.45, 7) is 3.93. The smallest absolute Gasteiger partial charge is 0.228 e. The van der Waals surface area contributed by atoms with E-state index >= 15 is 0 Å². The molecule has 1 N–H and O–H groups in total. The molecule has 2 aliphatic heterocycles. The van der Waals surface area contributed by atoms with Gasteiger partial charge in [-0.1, -0.05) is 6.92 Å². The Balaban J connectivity index is 1.94. The third kappa shape index (κ3) is 2.86. The van der Waals surface area contributed by atoms with Gasteiger partial charge in [-0.25, -0.2) is 0 Å². The van der Waals surface area contributed by atoms with Gasteiger partial charge in [0.15, 0.2) is 0 Å². The Morgan fingerprint density at radius 1 is 1.44 bits per heavy atom. The van der Waals surface area contributed by atoms with Crippen molar-refractivity contribution in [3.63, 3.8) is 0 Å². The number of hydrogen-bond donors (Lipinski definition) is 1. The second-order valence-corrected chi connectivity index (χ2v) is 5.41. The van der Waals surface area contributed by atoms with E-state index in [2.05, 4.69) is 11.8 Å². The average molecular weight is 255 g/mol. The van der Waals surface area contributed by atoms with Crippen molar-refractivity contribution in [2.24, 2.45) is 5.92 Å². The number of amides is 1. The zero-order chi connectivity index (χ0) is 13.0. The fourth-order valence-electron chi connectivity index (χ4n) is 3.30. The van der Waals surface area contributed by atoms with E-state index in [0.717, 1.165) is 51.7 Å². The third-order valence-electron chi connectivity index (χ3n) is 4.28. The molecule has 0 saturated carbocycles. The van der Waals surface area contributed by atoms with Crippen LogP contribution in [-0.4, -0.2) is 47.8 Å². The first-order valence-electron chi connectivity index (χ1n) is 7.30. The molecule has 18 heavy (non-hydrogen) atoms. The van der Waals surface area contributed by atoms with Gasteiger partial charge in [-0.3, -0.25) is 4.79 Å². The number of aliphatic hydroxyl groups is 1. The van der Waals surface area contributed by atoms with Gasteiger partial charge in [-0.2, -0.15) is 0 Å². The summed E-state index contributed by atoms with van der Waals surface area (Å²) in [5.41, 5.74) is 0. The second kappa shape index (κ2) is 6.53. The number of carbonyl (C=O) groups is 1. The minimum Gasteiger partial charge on any atom is -0.396 e. The van der Waals surface area contributed by atoms with Gasteiger partial charge in [0.2, 0.25) is 5.91 Å². The molecule has 4 heteroatoms. The topological polar surface area (TPSA) is 49.8 Å². The van der Waals surface area contributed by atoms with Crippen molar-refractivity contribution in [2.45, 2.75) is 57.6 Å². The highest BCUT2D eigenvalue weighted by Gasteiger charge is 2.38. The van der Waals surface area contributed by atoms with E-state index in [1.165, 1.54) is 0 Å². The standard InChI is InChI=1S/C14H25NO3/c1-2-13-12(7-10-18-13)14(17)15-8-3-5-11(15)6-4-9-16/h11-13,16H,2-10H2,1H3. The summed E-state index contributed by atoms with van der Waals surface area (Å²) in [5, 5.41) is 8.92. The molecule has 4 nitrogen and oxygen atoms in total. The first-order valence-corrected chi connectivity index (χ1v) is 7.30. The van der Waals surface area contributed by atoms with Gasteiger partial charge in [-0.05, 0) is 38.5 Å². The Hall–Kier alpha value is -0.610. The molecule has 1 amide bonds. The summed E-state index contributed by atoms with van der Waals surface area (Å²) in [6.07, 6.45) is 5.85. The van der Waals surface area contributed by atoms with E-state index in [1.54, 1.807) is 0 Å². The number of hydrogen-bond acceptors (Lipinski definition) is 3. The van der Waals surface area contributed by atoms with Crippen LogP contribution in [0.2, 0.25) is 0 Å². The van der Waals surface area contributed by atoms with Gasteiger partial charge in [0.25, 0.3) is 0 Å². The van der Waals surface area contributed by atoms with Crippen LogP contribution in [0.3, 0.4) is 0 Å². The highest BCUT2D eigenvalue weighted by molar-refractivity contribution is 5.80. The molecule has 0 aromatic carbocycles. The molecule has 2 rings (SSSR count). The Bertz CT molecular complexity index is 282. The molecule has 0 spiro atoms. The third-order valence-corrected chi connectivity index (χ3v) is 4.28. The molecular formula is C14H25NO3. The number of aliphatic hydroxyl groups excluding tert-OH is 1. The van der Waals surface area contributed by atoms with Crippen LogP contribution >= 0.6 is 0 Å². The number of ether oxygens (including phenoxy) is 1. The van der Waals surface area contributed by atoms with Crippen molar-refractivity contribution in [1.82, 2.24) is 4.90 Å². The van der Waals surface area contributed by atoms with E-state index in [1.807, 2.05) is 0 Å². The van der Waals surface area contributed by atoms with Crippen molar-refractivity contribution in [1.29, 1.82) is 0 Å². The predicted octanol–water partition coefficient (Wildman–Crippen LogP) is 1.56. The minimum absolute atomic E-state index is 0.0738. The molecule has 104 valence electrons. The molecule has 3 atom stereocenters. The summed E-state index contributed by atoms with van der Waals surface area (Å²) >= 11 is 0. The van der Waals surface area contributed by atoms with E-state index in [4.69, 9.17) is 9.84 Å². The Labute approximate surface area is 109 Å². The van der Waals surface area contributed by atoms with Crippen molar-refractivity contribution in [2.75, 3.05) is 19.8 Å². The first-order chi connectivity index (χ1) is 8.77. The van der Waals surface area contributed by atoms with Crippen molar-refractivity contribution < 1.29 is 14.6 Å². The molecule has 0 aromatic heterocycles. The second-order valence-electron chi connectivity index (χ2n) is 5.41. The van der Waals surface area contributed by atoms with Crippen LogP contribution in [0.5, 0.6) is 0 Å². The molecule has 2 fully saturated rings. The van der Waals surface area contributed by atoms with Gasteiger partial charge >= 0.3 is 0 Å². The molecule has 2 heterocycles. The van der Waals surface area contributed by atoms with Crippen molar-refractivity contribution in [3.8, 4) is 0 Å². The van der Waals surface area contributed by atoms with E-state index in [9.17, 15) is 4.79 Å². The molecule has 2 aliphatic rings. The molecule has 0 aromatic rings. The summed E-state index contributed by atoms with van der Waals surface area (Å²) < 4.78 is 5.62. The van der Waals surface area contributed by atoms with Gasteiger partial charge in [-0.15, -0.1) is 0 Å². The Kier molecular flexibility index (Phi) is 5.01. The van der Waals surface area contributed by atoms with E-state index < -0.39 is 0 Å². The number of nitrogens with zero attached hydrogens (tertiary/aromatic N) is 1. The zero-order valence-electron chi connectivity index (χ0n) is 11.3. The average Bonchev–Trinajstić information content (AvgIpc) is 3.03. The van der Waals surface area contributed by atoms with Gasteiger partial charge in [0, 0.05) is 25.8 Å². The maximum atomic E-state index is 12.6. The maximum Gasteiger partial charge on any atom is 0.228 e. The summed E-state index contributed by atoms with van der Waals surface area (Å²) in [6, 6.07) is 0.350. The van der Waals surface area contributed by atoms with Crippen LogP contribution < -0.4 is 0 Å². The SMILES string of the molecule is CCC1OCCC1C(=O)N1CCCC1CCCO. The molecule has 0 bridgehead atoms. The van der Waals surface area contributed by atoms with Crippen LogP contribution in [-0.2, 0) is 9.53 Å². The molecule has 3 unspecified atom stereocenters. The Morgan fingerprint density at radius 3 is 3.00 bits per heavy atom. The molecular weight excluding hydrogens is 230 g/mol. The van der Waals surface area contributed by atoms with Crippen molar-refractivity contribution >= 4 is 5.91 Å². The van der Waals surface area contributed by atoms with Crippen LogP contribution in [0.25, 0.3) is 0 Å². The number of rotatable bonds is 5. The van der Waals surface area contributed by atoms with Crippen LogP contribution in [0.1, 0.15) is 45.4 Å². The molecule has 2 saturated heterocycles. The zero-order valence-corrected chi connectivity index (χ0v) is 11.3. The predicted molar refractivity (Wildman–Crippen MR) is 69.2 cm³/mol. The van der Waals surface area contributed by atoms with Crippen LogP contribution in [0.4, 0.5) is 0 Å². The quantitative estimate of drug-likeness (QED) is 0.811. The largest absolute Gasteiger partial charge is 0.396 e. The lowest BCUT2D eigenvalue weighted by Gasteiger charge is -2.29. The van der Waals surface area contributed by atoms with Gasteiger partial charge < -0.3 is 14.7 Å². The highest BCUT2D eigenvalue weighted by Crippen LogP contribution is 2.30. The van der Waals surface area contributed by atoms with Gasteiger partial charge in [0.05, 0.1) is 12.0 Å². The lowest BCUT2D eigenvalue weighted by molar-refractivity contribution is -0.138. The number of likely N-dealkylation sites (tertiary alicyclic amines) is 1. The lowest BCUT2D eigenvalue weighted by Crippen LogP contribution is -2.42. The molecule has 0 radical (unpaired) electrons. The molecule has 0 aliphatic carbocycles. The van der Waals surface area contributed by atoms with Crippen LogP contribution in [0, 0.1) is 5.92 Å². The highest BCUT2D eigenvalue weighted by atomic mass is 16.5. The van der Waals surface area contributed by atoms with E-state index in [0.29, 0.717) is 11.9 Å².